The van der Waals surface area contributed by atoms with Crippen molar-refractivity contribution in [2.24, 2.45) is 7.05 Å². The van der Waals surface area contributed by atoms with Gasteiger partial charge in [0.2, 0.25) is 0 Å². The molecular weight excluding hydrogens is 463 g/mol. The Balaban J connectivity index is 1.79. The Hall–Kier alpha value is -3.81. The van der Waals surface area contributed by atoms with Crippen molar-refractivity contribution in [3.05, 3.63) is 49.3 Å². The minimum atomic E-state index is -4.79. The number of ether oxygens (including phenoxy) is 1. The van der Waals surface area contributed by atoms with Gasteiger partial charge in [-0.3, -0.25) is 0 Å². The van der Waals surface area contributed by atoms with Gasteiger partial charge in [-0.1, -0.05) is 6.92 Å². The summed E-state index contributed by atoms with van der Waals surface area (Å²) in [5.41, 5.74) is 1.11. The highest BCUT2D eigenvalue weighted by molar-refractivity contribution is 7.91. The van der Waals surface area contributed by atoms with Crippen LogP contribution in [0, 0.1) is 0 Å². The van der Waals surface area contributed by atoms with Crippen LogP contribution in [0.25, 0.3) is 28.7 Å². The number of nitrogens with zero attached hydrogens (tertiary/aromatic N) is 7. The number of hydrogen-bond acceptors (Lipinski definition) is 8. The van der Waals surface area contributed by atoms with Gasteiger partial charge in [-0.2, -0.15) is 9.78 Å². The van der Waals surface area contributed by atoms with E-state index < -0.39 is 16.2 Å². The molecule has 0 aliphatic carbocycles. The number of sulfone groups is 1. The summed E-state index contributed by atoms with van der Waals surface area (Å²) >= 11 is 0. The molecule has 0 aliphatic heterocycles. The fourth-order valence-electron chi connectivity index (χ4n) is 3.05. The Kier molecular flexibility index (Phi) is 5.61. The molecule has 0 saturated carbocycles. The third kappa shape index (κ3) is 4.55. The first kappa shape index (κ1) is 22.4. The van der Waals surface area contributed by atoms with Crippen molar-refractivity contribution in [3.63, 3.8) is 0 Å². The van der Waals surface area contributed by atoms with Gasteiger partial charge in [-0.25, -0.2) is 28.4 Å². The highest BCUT2D eigenvalue weighted by atomic mass is 32.2. The smallest absolute Gasteiger partial charge is 0.406 e. The molecule has 0 saturated heterocycles. The van der Waals surface area contributed by atoms with Crippen molar-refractivity contribution in [3.8, 4) is 34.5 Å². The second kappa shape index (κ2) is 8.27. The fourth-order valence-corrected chi connectivity index (χ4v) is 4.01. The van der Waals surface area contributed by atoms with E-state index in [9.17, 15) is 21.6 Å². The number of hydrogen-bond donors (Lipinski definition) is 0. The number of benzene rings is 1. The number of alkyl halides is 3. The summed E-state index contributed by atoms with van der Waals surface area (Å²) in [4.78, 5) is 16.5. The first-order valence-corrected chi connectivity index (χ1v) is 11.1. The summed E-state index contributed by atoms with van der Waals surface area (Å²) in [7, 11) is -2.07. The normalized spacial score (nSPS) is 12.2. The molecule has 0 fully saturated rings. The van der Waals surface area contributed by atoms with Crippen molar-refractivity contribution < 1.29 is 26.3 Å². The minimum absolute atomic E-state index is 0.0584. The van der Waals surface area contributed by atoms with Gasteiger partial charge in [-0.05, 0) is 24.3 Å². The molecule has 0 atom stereocenters. The zero-order valence-electron chi connectivity index (χ0n) is 17.2. The molecule has 33 heavy (non-hydrogen) atoms. The van der Waals surface area contributed by atoms with Gasteiger partial charge in [-0.15, -0.1) is 13.2 Å². The summed E-state index contributed by atoms with van der Waals surface area (Å²) in [6.07, 6.45) is 0.508. The molecule has 4 rings (SSSR count). The fraction of sp³-hybridized carbons (Fsp3) is 0.211. The molecular formula is C19H16F3N7O3S. The summed E-state index contributed by atoms with van der Waals surface area (Å²) in [5, 5.41) is 3.95. The number of aromatic nitrogens is 7. The number of rotatable bonds is 6. The summed E-state index contributed by atoms with van der Waals surface area (Å²) in [6.45, 7) is 1.50. The molecule has 0 unspecified atom stereocenters. The first-order chi connectivity index (χ1) is 15.6. The zero-order valence-corrected chi connectivity index (χ0v) is 18.0. The van der Waals surface area contributed by atoms with Crippen LogP contribution in [-0.4, -0.2) is 54.8 Å². The van der Waals surface area contributed by atoms with Crippen LogP contribution in [0.3, 0.4) is 0 Å². The van der Waals surface area contributed by atoms with E-state index in [0.717, 1.165) is 0 Å². The van der Waals surface area contributed by atoms with Gasteiger partial charge >= 0.3 is 6.36 Å². The molecule has 0 spiro atoms. The van der Waals surface area contributed by atoms with E-state index in [1.165, 1.54) is 60.9 Å². The zero-order chi connectivity index (χ0) is 23.8. The molecule has 0 radical (unpaired) electrons. The largest absolute Gasteiger partial charge is 0.573 e. The molecule has 172 valence electrons. The Morgan fingerprint density at radius 3 is 2.42 bits per heavy atom. The van der Waals surface area contributed by atoms with E-state index in [0.29, 0.717) is 11.3 Å². The van der Waals surface area contributed by atoms with Crippen LogP contribution >= 0.6 is 0 Å². The molecule has 0 amide bonds. The Labute approximate surface area is 185 Å². The maximum Gasteiger partial charge on any atom is 0.573 e. The van der Waals surface area contributed by atoms with Crippen molar-refractivity contribution in [1.29, 1.82) is 0 Å². The quantitative estimate of drug-likeness (QED) is 0.414. The second-order valence-electron chi connectivity index (χ2n) is 6.72. The van der Waals surface area contributed by atoms with E-state index in [-0.39, 0.29) is 33.9 Å². The molecule has 3 heterocycles. The minimum Gasteiger partial charge on any atom is -0.406 e. The number of halogens is 3. The van der Waals surface area contributed by atoms with Crippen molar-refractivity contribution in [1.82, 2.24) is 34.3 Å². The third-order valence-corrected chi connectivity index (χ3v) is 6.39. The van der Waals surface area contributed by atoms with Gasteiger partial charge < -0.3 is 9.30 Å². The van der Waals surface area contributed by atoms with Gasteiger partial charge in [0.05, 0.1) is 23.8 Å². The van der Waals surface area contributed by atoms with Gasteiger partial charge in [0.1, 0.15) is 29.0 Å². The molecule has 0 N–H and O–H groups in total. The van der Waals surface area contributed by atoms with Gasteiger partial charge in [0.25, 0.3) is 5.95 Å². The molecule has 0 aliphatic rings. The van der Waals surface area contributed by atoms with Gasteiger partial charge in [0, 0.05) is 12.6 Å². The molecule has 0 bridgehead atoms. The maximum absolute atomic E-state index is 12.7. The van der Waals surface area contributed by atoms with Crippen molar-refractivity contribution in [2.75, 3.05) is 5.75 Å². The monoisotopic (exact) mass is 479 g/mol. The predicted molar refractivity (Wildman–Crippen MR) is 109 cm³/mol. The molecule has 3 aromatic heterocycles. The van der Waals surface area contributed by atoms with Crippen molar-refractivity contribution >= 4 is 9.84 Å². The number of imidazole rings is 1. The van der Waals surface area contributed by atoms with Crippen LogP contribution in [0.15, 0.2) is 54.2 Å². The Morgan fingerprint density at radius 2 is 1.82 bits per heavy atom. The van der Waals surface area contributed by atoms with E-state index in [1.54, 1.807) is 11.6 Å². The average molecular weight is 479 g/mol. The van der Waals surface area contributed by atoms with Crippen LogP contribution in [-0.2, 0) is 16.9 Å². The lowest BCUT2D eigenvalue weighted by Gasteiger charge is -2.12. The van der Waals surface area contributed by atoms with E-state index in [2.05, 4.69) is 29.8 Å². The van der Waals surface area contributed by atoms with Crippen LogP contribution < -0.4 is 4.74 Å². The summed E-state index contributed by atoms with van der Waals surface area (Å²) < 4.78 is 69.3. The highest BCUT2D eigenvalue weighted by Crippen LogP contribution is 2.31. The maximum atomic E-state index is 12.7. The lowest BCUT2D eigenvalue weighted by atomic mass is 10.1. The van der Waals surface area contributed by atoms with E-state index in [1.807, 2.05) is 0 Å². The Bertz CT molecular complexity index is 1380. The lowest BCUT2D eigenvalue weighted by Crippen LogP contribution is -2.16. The van der Waals surface area contributed by atoms with Crippen LogP contribution in [0.1, 0.15) is 6.92 Å². The predicted octanol–water partition coefficient (Wildman–Crippen LogP) is 2.82. The topological polar surface area (TPSA) is 118 Å². The standard InChI is InChI=1S/C19H16F3N7O3S/c1-3-33(30,31)15-9-25-18(29-11-23-10-26-29)27-16(15)17-24-8-14(28(17)2)12-4-6-13(7-5-12)32-19(20,21)22/h4-11H,3H2,1-2H3. The first-order valence-electron chi connectivity index (χ1n) is 9.42. The molecule has 1 aromatic carbocycles. The van der Waals surface area contributed by atoms with E-state index >= 15 is 0 Å². The summed E-state index contributed by atoms with van der Waals surface area (Å²) in [5.74, 6) is -0.227. The highest BCUT2D eigenvalue weighted by Gasteiger charge is 2.31. The molecule has 14 heteroatoms. The van der Waals surface area contributed by atoms with Crippen molar-refractivity contribution in [2.45, 2.75) is 18.2 Å². The van der Waals surface area contributed by atoms with Crippen LogP contribution in [0.4, 0.5) is 13.2 Å². The second-order valence-corrected chi connectivity index (χ2v) is 8.97. The summed E-state index contributed by atoms with van der Waals surface area (Å²) in [6, 6.07) is 5.23. The van der Waals surface area contributed by atoms with E-state index in [4.69, 9.17) is 0 Å². The third-order valence-electron chi connectivity index (χ3n) is 4.66. The van der Waals surface area contributed by atoms with Gasteiger partial charge in [0.15, 0.2) is 15.7 Å². The van der Waals surface area contributed by atoms with Crippen LogP contribution in [0.5, 0.6) is 5.75 Å². The SMILES string of the molecule is CCS(=O)(=O)c1cnc(-n2cncn2)nc1-c1ncc(-c2ccc(OC(F)(F)F)cc2)n1C. The molecule has 4 aromatic rings. The van der Waals surface area contributed by atoms with Crippen LogP contribution in [0.2, 0.25) is 0 Å². The average Bonchev–Trinajstić information content (AvgIpc) is 3.43. The molecule has 10 nitrogen and oxygen atoms in total. The Morgan fingerprint density at radius 1 is 1.09 bits per heavy atom. The lowest BCUT2D eigenvalue weighted by molar-refractivity contribution is -0.274.